The third kappa shape index (κ3) is 5.22. The Balaban J connectivity index is 1.80. The van der Waals surface area contributed by atoms with Gasteiger partial charge in [-0.2, -0.15) is 14.7 Å². The number of hydrogen-bond donors (Lipinski definition) is 1. The van der Waals surface area contributed by atoms with Crippen molar-refractivity contribution in [1.82, 2.24) is 9.73 Å². The van der Waals surface area contributed by atoms with Crippen LogP contribution in [0.25, 0.3) is 0 Å². The fourth-order valence-electron chi connectivity index (χ4n) is 2.88. The maximum atomic E-state index is 12.8. The van der Waals surface area contributed by atoms with E-state index in [0.717, 1.165) is 15.4 Å². The molecule has 0 radical (unpaired) electrons. The van der Waals surface area contributed by atoms with Crippen LogP contribution >= 0.6 is 0 Å². The normalized spacial score (nSPS) is 10.9. The molecule has 7 nitrogen and oxygen atoms in total. The van der Waals surface area contributed by atoms with Gasteiger partial charge in [0.25, 0.3) is 5.91 Å². The zero-order chi connectivity index (χ0) is 22.3. The highest BCUT2D eigenvalue weighted by Crippen LogP contribution is 2.18. The topological polar surface area (TPSA) is 103 Å². The molecular formula is C23H20N4O3S. The second-order valence-electron chi connectivity index (χ2n) is 6.60. The molecule has 0 heterocycles. The van der Waals surface area contributed by atoms with Crippen LogP contribution in [0.15, 0.2) is 94.9 Å². The Morgan fingerprint density at radius 1 is 0.935 bits per heavy atom. The highest BCUT2D eigenvalue weighted by Gasteiger charge is 2.25. The summed E-state index contributed by atoms with van der Waals surface area (Å²) in [7, 11) is -2.74. The summed E-state index contributed by atoms with van der Waals surface area (Å²) in [6.45, 7) is -0.456. The Morgan fingerprint density at radius 2 is 1.45 bits per heavy atom. The lowest BCUT2D eigenvalue weighted by Crippen LogP contribution is -2.37. The van der Waals surface area contributed by atoms with Crippen LogP contribution < -0.4 is 5.43 Å². The lowest BCUT2D eigenvalue weighted by molar-refractivity contribution is -0.121. The van der Waals surface area contributed by atoms with Gasteiger partial charge in [-0.25, -0.2) is 13.8 Å². The molecule has 0 aromatic heterocycles. The number of rotatable bonds is 7. The van der Waals surface area contributed by atoms with Crippen molar-refractivity contribution >= 4 is 21.6 Å². The van der Waals surface area contributed by atoms with E-state index in [1.807, 2.05) is 66.7 Å². The zero-order valence-electron chi connectivity index (χ0n) is 16.8. The summed E-state index contributed by atoms with van der Waals surface area (Å²) in [5.41, 5.74) is 4.62. The SMILES string of the molecule is CN(CC(=O)NN=C(c1ccccc1)c1ccccc1)S(=O)(=O)c1ccccc1C#N. The molecule has 0 aliphatic heterocycles. The number of carbonyl (C=O) groups excluding carboxylic acids is 1. The van der Waals surface area contributed by atoms with Gasteiger partial charge in [0, 0.05) is 18.2 Å². The maximum Gasteiger partial charge on any atom is 0.255 e. The first kappa shape index (κ1) is 21.9. The van der Waals surface area contributed by atoms with E-state index < -0.39 is 22.5 Å². The maximum absolute atomic E-state index is 12.8. The summed E-state index contributed by atoms with van der Waals surface area (Å²) in [6.07, 6.45) is 0. The first-order valence-corrected chi connectivity index (χ1v) is 10.8. The highest BCUT2D eigenvalue weighted by molar-refractivity contribution is 7.89. The predicted molar refractivity (Wildman–Crippen MR) is 118 cm³/mol. The minimum Gasteiger partial charge on any atom is -0.272 e. The molecule has 0 spiro atoms. The van der Waals surface area contributed by atoms with E-state index in [2.05, 4.69) is 10.5 Å². The van der Waals surface area contributed by atoms with Crippen LogP contribution in [0, 0.1) is 11.3 Å². The Labute approximate surface area is 181 Å². The number of nitrogens with zero attached hydrogens (tertiary/aromatic N) is 3. The molecular weight excluding hydrogens is 412 g/mol. The van der Waals surface area contributed by atoms with Crippen molar-refractivity contribution in [3.8, 4) is 6.07 Å². The van der Waals surface area contributed by atoms with Gasteiger partial charge in [-0.1, -0.05) is 72.8 Å². The van der Waals surface area contributed by atoms with Gasteiger partial charge in [-0.3, -0.25) is 4.79 Å². The molecule has 156 valence electrons. The molecule has 0 unspecified atom stereocenters. The molecule has 8 heteroatoms. The standard InChI is InChI=1S/C23H20N4O3S/c1-27(31(29,30)21-15-9-8-14-20(21)16-24)17-22(28)25-26-23(18-10-4-2-5-11-18)19-12-6-3-7-13-19/h2-15H,17H2,1H3,(H,25,28). The van der Waals surface area contributed by atoms with Crippen molar-refractivity contribution < 1.29 is 13.2 Å². The molecule has 0 atom stereocenters. The third-order valence-corrected chi connectivity index (χ3v) is 6.31. The number of hydrazone groups is 1. The molecule has 0 fully saturated rings. The van der Waals surface area contributed by atoms with Gasteiger partial charge < -0.3 is 0 Å². The first-order valence-electron chi connectivity index (χ1n) is 9.36. The number of benzene rings is 3. The quantitative estimate of drug-likeness (QED) is 0.458. The van der Waals surface area contributed by atoms with Gasteiger partial charge in [0.1, 0.15) is 6.07 Å². The largest absolute Gasteiger partial charge is 0.272 e. The van der Waals surface area contributed by atoms with Crippen molar-refractivity contribution in [3.05, 3.63) is 102 Å². The van der Waals surface area contributed by atoms with Gasteiger partial charge in [0.15, 0.2) is 0 Å². The monoisotopic (exact) mass is 432 g/mol. The van der Waals surface area contributed by atoms with E-state index in [9.17, 15) is 18.5 Å². The summed E-state index contributed by atoms with van der Waals surface area (Å²) in [4.78, 5) is 12.3. The second kappa shape index (κ2) is 9.80. The van der Waals surface area contributed by atoms with Crippen LogP contribution in [-0.2, 0) is 14.8 Å². The Kier molecular flexibility index (Phi) is 6.92. The second-order valence-corrected chi connectivity index (χ2v) is 8.61. The molecule has 3 aromatic carbocycles. The molecule has 0 aliphatic rings. The van der Waals surface area contributed by atoms with Crippen LogP contribution in [0.4, 0.5) is 0 Å². The van der Waals surface area contributed by atoms with E-state index >= 15 is 0 Å². The number of nitriles is 1. The minimum atomic E-state index is -4.02. The molecule has 0 saturated heterocycles. The highest BCUT2D eigenvalue weighted by atomic mass is 32.2. The van der Waals surface area contributed by atoms with Gasteiger partial charge in [-0.15, -0.1) is 0 Å². The fourth-order valence-corrected chi connectivity index (χ4v) is 4.15. The third-order valence-electron chi connectivity index (χ3n) is 4.45. The van der Waals surface area contributed by atoms with Crippen LogP contribution in [0.5, 0.6) is 0 Å². The van der Waals surface area contributed by atoms with Gasteiger partial charge >= 0.3 is 0 Å². The molecule has 3 aromatic rings. The Morgan fingerprint density at radius 3 is 2.00 bits per heavy atom. The van der Waals surface area contributed by atoms with Crippen LogP contribution in [0.2, 0.25) is 0 Å². The molecule has 31 heavy (non-hydrogen) atoms. The smallest absolute Gasteiger partial charge is 0.255 e. The van der Waals surface area contributed by atoms with E-state index in [4.69, 9.17) is 0 Å². The summed E-state index contributed by atoms with van der Waals surface area (Å²) in [6, 6.07) is 26.4. The van der Waals surface area contributed by atoms with Crippen LogP contribution in [0.1, 0.15) is 16.7 Å². The van der Waals surface area contributed by atoms with Gasteiger partial charge in [0.2, 0.25) is 10.0 Å². The first-order chi connectivity index (χ1) is 14.9. The van der Waals surface area contributed by atoms with E-state index in [1.165, 1.54) is 25.2 Å². The molecule has 1 amide bonds. The lowest BCUT2D eigenvalue weighted by atomic mass is 10.0. The van der Waals surface area contributed by atoms with Crippen LogP contribution in [0.3, 0.4) is 0 Å². The van der Waals surface area contributed by atoms with Crippen molar-refractivity contribution in [1.29, 1.82) is 5.26 Å². The molecule has 3 rings (SSSR count). The Hall–Kier alpha value is -3.80. The summed E-state index contributed by atoms with van der Waals surface area (Å²) < 4.78 is 26.5. The summed E-state index contributed by atoms with van der Waals surface area (Å²) >= 11 is 0. The molecule has 0 aliphatic carbocycles. The van der Waals surface area contributed by atoms with Gasteiger partial charge in [-0.05, 0) is 12.1 Å². The van der Waals surface area contributed by atoms with E-state index in [0.29, 0.717) is 5.71 Å². The molecule has 0 saturated carbocycles. The number of hydrogen-bond acceptors (Lipinski definition) is 5. The van der Waals surface area contributed by atoms with Crippen LogP contribution in [-0.4, -0.2) is 37.9 Å². The number of carbonyl (C=O) groups is 1. The van der Waals surface area contributed by atoms with Gasteiger partial charge in [0.05, 0.1) is 22.7 Å². The number of sulfonamides is 1. The number of amides is 1. The molecule has 1 N–H and O–H groups in total. The average Bonchev–Trinajstić information content (AvgIpc) is 2.80. The van der Waals surface area contributed by atoms with Crippen molar-refractivity contribution in [2.75, 3.05) is 13.6 Å². The molecule has 0 bridgehead atoms. The zero-order valence-corrected chi connectivity index (χ0v) is 17.6. The van der Waals surface area contributed by atoms with E-state index in [-0.39, 0.29) is 10.5 Å². The Bertz CT molecular complexity index is 1190. The fraction of sp³-hybridized carbons (Fsp3) is 0.0870. The number of nitrogens with one attached hydrogen (secondary N) is 1. The number of likely N-dealkylation sites (N-methyl/N-ethyl adjacent to an activating group) is 1. The van der Waals surface area contributed by atoms with Crippen molar-refractivity contribution in [2.45, 2.75) is 4.90 Å². The average molecular weight is 433 g/mol. The summed E-state index contributed by atoms with van der Waals surface area (Å²) in [5.74, 6) is -0.607. The minimum absolute atomic E-state index is 0.0169. The summed E-state index contributed by atoms with van der Waals surface area (Å²) in [5, 5.41) is 13.4. The van der Waals surface area contributed by atoms with E-state index in [1.54, 1.807) is 6.07 Å². The predicted octanol–water partition coefficient (Wildman–Crippen LogP) is 2.75. The van der Waals surface area contributed by atoms with Crippen molar-refractivity contribution in [2.24, 2.45) is 5.10 Å². The lowest BCUT2D eigenvalue weighted by Gasteiger charge is -2.17. The van der Waals surface area contributed by atoms with Crippen molar-refractivity contribution in [3.63, 3.8) is 0 Å².